The van der Waals surface area contributed by atoms with Gasteiger partial charge >= 0.3 is 0 Å². The standard InChI is InChI=1S/C15H17BrN2/c16-13-5-3-4-12(10-13)11-15-17-8-9-18(15)14-6-1-2-7-14/h3-5,8-10,14H,1-2,6-7,11H2. The smallest absolute Gasteiger partial charge is 0.113 e. The molecule has 0 unspecified atom stereocenters. The lowest BCUT2D eigenvalue weighted by Crippen LogP contribution is -2.08. The predicted octanol–water partition coefficient (Wildman–Crippen LogP) is 4.35. The lowest BCUT2D eigenvalue weighted by molar-refractivity contribution is 0.501. The molecule has 0 spiro atoms. The Labute approximate surface area is 116 Å². The molecule has 18 heavy (non-hydrogen) atoms. The Balaban J connectivity index is 1.82. The van der Waals surface area contributed by atoms with Crippen molar-refractivity contribution in [2.45, 2.75) is 38.1 Å². The van der Waals surface area contributed by atoms with E-state index < -0.39 is 0 Å². The van der Waals surface area contributed by atoms with Gasteiger partial charge in [-0.15, -0.1) is 0 Å². The van der Waals surface area contributed by atoms with Crippen molar-refractivity contribution in [2.24, 2.45) is 0 Å². The fourth-order valence-corrected chi connectivity index (χ4v) is 3.27. The van der Waals surface area contributed by atoms with Gasteiger partial charge in [0.2, 0.25) is 0 Å². The summed E-state index contributed by atoms with van der Waals surface area (Å²) in [5.41, 5.74) is 1.31. The Morgan fingerprint density at radius 2 is 2.11 bits per heavy atom. The van der Waals surface area contributed by atoms with Gasteiger partial charge in [0.25, 0.3) is 0 Å². The maximum absolute atomic E-state index is 4.53. The molecule has 3 rings (SSSR count). The normalized spacial score (nSPS) is 16.3. The molecule has 1 saturated carbocycles. The summed E-state index contributed by atoms with van der Waals surface area (Å²) < 4.78 is 3.52. The third-order valence-electron chi connectivity index (χ3n) is 3.72. The maximum Gasteiger partial charge on any atom is 0.113 e. The molecule has 1 aliphatic rings. The Morgan fingerprint density at radius 1 is 1.28 bits per heavy atom. The minimum atomic E-state index is 0.676. The van der Waals surface area contributed by atoms with Gasteiger partial charge < -0.3 is 4.57 Å². The molecule has 0 radical (unpaired) electrons. The van der Waals surface area contributed by atoms with E-state index in [1.807, 2.05) is 6.20 Å². The van der Waals surface area contributed by atoms with Crippen LogP contribution in [-0.4, -0.2) is 9.55 Å². The third-order valence-corrected chi connectivity index (χ3v) is 4.21. The number of hydrogen-bond donors (Lipinski definition) is 0. The molecule has 0 bridgehead atoms. The molecule has 0 amide bonds. The highest BCUT2D eigenvalue weighted by Crippen LogP contribution is 2.30. The quantitative estimate of drug-likeness (QED) is 0.824. The molecule has 1 aromatic carbocycles. The van der Waals surface area contributed by atoms with Crippen LogP contribution in [0.15, 0.2) is 41.1 Å². The van der Waals surface area contributed by atoms with Gasteiger partial charge in [-0.05, 0) is 30.5 Å². The Morgan fingerprint density at radius 3 is 2.89 bits per heavy atom. The van der Waals surface area contributed by atoms with Crippen molar-refractivity contribution in [1.82, 2.24) is 9.55 Å². The fourth-order valence-electron chi connectivity index (χ4n) is 2.83. The summed E-state index contributed by atoms with van der Waals surface area (Å²) >= 11 is 3.52. The third kappa shape index (κ3) is 2.51. The zero-order valence-corrected chi connectivity index (χ0v) is 11.9. The molecule has 1 fully saturated rings. The van der Waals surface area contributed by atoms with Gasteiger partial charge in [0, 0.05) is 29.3 Å². The lowest BCUT2D eigenvalue weighted by atomic mass is 10.1. The second kappa shape index (κ2) is 5.27. The first-order chi connectivity index (χ1) is 8.83. The van der Waals surface area contributed by atoms with Gasteiger partial charge in [0.15, 0.2) is 0 Å². The molecule has 94 valence electrons. The second-order valence-electron chi connectivity index (χ2n) is 5.00. The number of benzene rings is 1. The molecule has 3 heteroatoms. The molecule has 0 saturated heterocycles. The van der Waals surface area contributed by atoms with E-state index >= 15 is 0 Å². The first kappa shape index (κ1) is 12.0. The van der Waals surface area contributed by atoms with Crippen LogP contribution in [-0.2, 0) is 6.42 Å². The molecule has 1 aromatic heterocycles. The largest absolute Gasteiger partial charge is 0.332 e. The van der Waals surface area contributed by atoms with Gasteiger partial charge in [-0.2, -0.15) is 0 Å². The fraction of sp³-hybridized carbons (Fsp3) is 0.400. The van der Waals surface area contributed by atoms with E-state index in [-0.39, 0.29) is 0 Å². The Bertz CT molecular complexity index is 527. The van der Waals surface area contributed by atoms with E-state index in [0.717, 1.165) is 10.9 Å². The molecule has 2 nitrogen and oxygen atoms in total. The first-order valence-corrected chi connectivity index (χ1v) is 7.38. The van der Waals surface area contributed by atoms with Crippen LogP contribution >= 0.6 is 15.9 Å². The highest BCUT2D eigenvalue weighted by molar-refractivity contribution is 9.10. The number of aromatic nitrogens is 2. The number of nitrogens with zero attached hydrogens (tertiary/aromatic N) is 2. The van der Waals surface area contributed by atoms with Gasteiger partial charge in [-0.3, -0.25) is 0 Å². The zero-order valence-electron chi connectivity index (χ0n) is 10.3. The highest BCUT2D eigenvalue weighted by atomic mass is 79.9. The molecular formula is C15H17BrN2. The van der Waals surface area contributed by atoms with Crippen molar-refractivity contribution in [3.63, 3.8) is 0 Å². The number of rotatable bonds is 3. The van der Waals surface area contributed by atoms with Crippen LogP contribution in [0.1, 0.15) is 43.1 Å². The van der Waals surface area contributed by atoms with Gasteiger partial charge in [0.05, 0.1) is 0 Å². The number of halogens is 1. The highest BCUT2D eigenvalue weighted by Gasteiger charge is 2.19. The number of hydrogen-bond acceptors (Lipinski definition) is 1. The van der Waals surface area contributed by atoms with Gasteiger partial charge in [-0.25, -0.2) is 4.98 Å². The summed E-state index contributed by atoms with van der Waals surface area (Å²) in [7, 11) is 0. The molecule has 1 aliphatic carbocycles. The predicted molar refractivity (Wildman–Crippen MR) is 76.7 cm³/mol. The first-order valence-electron chi connectivity index (χ1n) is 6.59. The van der Waals surface area contributed by atoms with Crippen molar-refractivity contribution in [1.29, 1.82) is 0 Å². The van der Waals surface area contributed by atoms with E-state index in [9.17, 15) is 0 Å². The molecule has 2 aromatic rings. The second-order valence-corrected chi connectivity index (χ2v) is 5.91. The average Bonchev–Trinajstić information content (AvgIpc) is 2.98. The Kier molecular flexibility index (Phi) is 3.50. The van der Waals surface area contributed by atoms with Crippen LogP contribution in [0.25, 0.3) is 0 Å². The van der Waals surface area contributed by atoms with E-state index in [1.54, 1.807) is 0 Å². The minimum absolute atomic E-state index is 0.676. The molecule has 1 heterocycles. The number of imidazole rings is 1. The topological polar surface area (TPSA) is 17.8 Å². The molecule has 0 atom stereocenters. The van der Waals surface area contributed by atoms with Crippen molar-refractivity contribution < 1.29 is 0 Å². The summed E-state index contributed by atoms with van der Waals surface area (Å²) in [4.78, 5) is 4.53. The van der Waals surface area contributed by atoms with Crippen LogP contribution in [0.4, 0.5) is 0 Å². The monoisotopic (exact) mass is 304 g/mol. The van der Waals surface area contributed by atoms with Crippen molar-refractivity contribution in [3.05, 3.63) is 52.5 Å². The Hall–Kier alpha value is -1.09. The van der Waals surface area contributed by atoms with Crippen LogP contribution in [0, 0.1) is 0 Å². The summed E-state index contributed by atoms with van der Waals surface area (Å²) in [6.45, 7) is 0. The van der Waals surface area contributed by atoms with Crippen LogP contribution < -0.4 is 0 Å². The lowest BCUT2D eigenvalue weighted by Gasteiger charge is -2.14. The van der Waals surface area contributed by atoms with Crippen LogP contribution in [0.3, 0.4) is 0 Å². The molecular weight excluding hydrogens is 288 g/mol. The van der Waals surface area contributed by atoms with E-state index in [4.69, 9.17) is 0 Å². The van der Waals surface area contributed by atoms with E-state index in [1.165, 1.54) is 37.1 Å². The average molecular weight is 305 g/mol. The zero-order chi connectivity index (χ0) is 12.4. The van der Waals surface area contributed by atoms with Crippen molar-refractivity contribution in [3.8, 4) is 0 Å². The summed E-state index contributed by atoms with van der Waals surface area (Å²) in [5.74, 6) is 1.19. The van der Waals surface area contributed by atoms with Gasteiger partial charge in [-0.1, -0.05) is 40.9 Å². The maximum atomic E-state index is 4.53. The molecule has 0 aliphatic heterocycles. The summed E-state index contributed by atoms with van der Waals surface area (Å²) in [6, 6.07) is 9.16. The van der Waals surface area contributed by atoms with E-state index in [0.29, 0.717) is 6.04 Å². The van der Waals surface area contributed by atoms with Crippen LogP contribution in [0.2, 0.25) is 0 Å². The minimum Gasteiger partial charge on any atom is -0.332 e. The molecule has 0 N–H and O–H groups in total. The summed E-state index contributed by atoms with van der Waals surface area (Å²) in [6.07, 6.45) is 10.3. The van der Waals surface area contributed by atoms with Crippen LogP contribution in [0.5, 0.6) is 0 Å². The summed E-state index contributed by atoms with van der Waals surface area (Å²) in [5, 5.41) is 0. The van der Waals surface area contributed by atoms with Crippen molar-refractivity contribution in [2.75, 3.05) is 0 Å². The van der Waals surface area contributed by atoms with Gasteiger partial charge in [0.1, 0.15) is 5.82 Å². The van der Waals surface area contributed by atoms with E-state index in [2.05, 4.69) is 55.9 Å². The SMILES string of the molecule is Brc1cccc(Cc2nccn2C2CCCC2)c1. The van der Waals surface area contributed by atoms with Crippen molar-refractivity contribution >= 4 is 15.9 Å².